The highest BCUT2D eigenvalue weighted by Gasteiger charge is 2.27. The summed E-state index contributed by atoms with van der Waals surface area (Å²) in [5.74, 6) is -0.165. The lowest BCUT2D eigenvalue weighted by molar-refractivity contribution is -0.111. The molecule has 2 aromatic rings. The van der Waals surface area contributed by atoms with Crippen molar-refractivity contribution in [2.75, 3.05) is 50.1 Å². The molecule has 156 valence electrons. The van der Waals surface area contributed by atoms with E-state index in [0.717, 1.165) is 17.7 Å². The summed E-state index contributed by atoms with van der Waals surface area (Å²) in [7, 11) is 1.80. The average Bonchev–Trinajstić information content (AvgIpc) is 2.78. The molecular weight excluding hydrogens is 384 g/mol. The number of carbonyl (C=O) groups is 2. The molecule has 0 bridgehead atoms. The molecule has 30 heavy (non-hydrogen) atoms. The fourth-order valence-electron chi connectivity index (χ4n) is 3.68. The number of nitrogens with one attached hydrogen (secondary N) is 1. The van der Waals surface area contributed by atoms with Gasteiger partial charge in [-0.15, -0.1) is 0 Å². The molecule has 1 aromatic carbocycles. The summed E-state index contributed by atoms with van der Waals surface area (Å²) in [5, 5.41) is 2.96. The Labute approximate surface area is 174 Å². The topological polar surface area (TPSA) is 114 Å². The SMILES string of the molecule is CN1CCc2cc(NC(=O)/C(=C/N)c3ncccn3)c(N3CCOCC3)cc2C1=O. The van der Waals surface area contributed by atoms with Gasteiger partial charge in [0.1, 0.15) is 0 Å². The summed E-state index contributed by atoms with van der Waals surface area (Å²) >= 11 is 0. The molecule has 3 heterocycles. The van der Waals surface area contributed by atoms with Crippen LogP contribution in [0.15, 0.2) is 36.8 Å². The van der Waals surface area contributed by atoms with Crippen molar-refractivity contribution in [3.05, 3.63) is 53.7 Å². The minimum Gasteiger partial charge on any atom is -0.404 e. The number of nitrogens with two attached hydrogens (primary N) is 1. The molecule has 1 aromatic heterocycles. The van der Waals surface area contributed by atoms with E-state index in [0.29, 0.717) is 44.1 Å². The minimum atomic E-state index is -0.405. The molecule has 0 spiro atoms. The smallest absolute Gasteiger partial charge is 0.261 e. The summed E-state index contributed by atoms with van der Waals surface area (Å²) in [6.07, 6.45) is 5.04. The van der Waals surface area contributed by atoms with E-state index >= 15 is 0 Å². The van der Waals surface area contributed by atoms with E-state index in [9.17, 15) is 9.59 Å². The van der Waals surface area contributed by atoms with Gasteiger partial charge in [0.05, 0.1) is 30.2 Å². The second-order valence-corrected chi connectivity index (χ2v) is 7.21. The Kier molecular flexibility index (Phi) is 5.62. The number of anilines is 2. The van der Waals surface area contributed by atoms with Crippen LogP contribution in [-0.2, 0) is 16.0 Å². The zero-order valence-electron chi connectivity index (χ0n) is 16.8. The molecule has 9 nitrogen and oxygen atoms in total. The van der Waals surface area contributed by atoms with Gasteiger partial charge in [0.25, 0.3) is 11.8 Å². The van der Waals surface area contributed by atoms with Gasteiger partial charge in [-0.25, -0.2) is 9.97 Å². The molecule has 2 aliphatic rings. The summed E-state index contributed by atoms with van der Waals surface area (Å²) < 4.78 is 5.46. The van der Waals surface area contributed by atoms with E-state index in [1.54, 1.807) is 30.4 Å². The number of aromatic nitrogens is 2. The lowest BCUT2D eigenvalue weighted by Crippen LogP contribution is -2.38. The Morgan fingerprint density at radius 2 is 1.93 bits per heavy atom. The lowest BCUT2D eigenvalue weighted by atomic mass is 9.96. The first-order chi connectivity index (χ1) is 14.6. The molecule has 1 saturated heterocycles. The Morgan fingerprint density at radius 1 is 1.20 bits per heavy atom. The molecule has 9 heteroatoms. The number of fused-ring (bicyclic) bond motifs is 1. The third-order valence-corrected chi connectivity index (χ3v) is 5.33. The van der Waals surface area contributed by atoms with Gasteiger partial charge < -0.3 is 25.6 Å². The number of benzene rings is 1. The average molecular weight is 408 g/mol. The lowest BCUT2D eigenvalue weighted by Gasteiger charge is -2.33. The molecule has 0 atom stereocenters. The van der Waals surface area contributed by atoms with Gasteiger partial charge in [-0.3, -0.25) is 9.59 Å². The molecule has 0 radical (unpaired) electrons. The molecule has 2 aliphatic heterocycles. The van der Waals surface area contributed by atoms with Gasteiger partial charge in [-0.1, -0.05) is 0 Å². The Hall–Kier alpha value is -3.46. The number of rotatable bonds is 4. The molecular formula is C21H24N6O3. The third-order valence-electron chi connectivity index (χ3n) is 5.33. The Morgan fingerprint density at radius 3 is 2.63 bits per heavy atom. The van der Waals surface area contributed by atoms with E-state index in [-0.39, 0.29) is 17.3 Å². The van der Waals surface area contributed by atoms with Crippen molar-refractivity contribution in [2.45, 2.75) is 6.42 Å². The normalized spacial score (nSPS) is 17.0. The van der Waals surface area contributed by atoms with Gasteiger partial charge in [-0.05, 0) is 30.2 Å². The standard InChI is InChI=1S/C21H24N6O3/c1-26-6-3-14-11-17(25-20(28)16(13-22)19-23-4-2-5-24-19)18(12-15(14)21(26)29)27-7-9-30-10-8-27/h2,4-5,11-13H,3,6-10,22H2,1H3,(H,25,28)/b16-13+. The predicted octanol–water partition coefficient (Wildman–Crippen LogP) is 0.880. The van der Waals surface area contributed by atoms with Crippen molar-refractivity contribution in [1.82, 2.24) is 14.9 Å². The highest BCUT2D eigenvalue weighted by Crippen LogP contribution is 2.33. The summed E-state index contributed by atoms with van der Waals surface area (Å²) in [6, 6.07) is 5.44. The van der Waals surface area contributed by atoms with Crippen LogP contribution in [0.5, 0.6) is 0 Å². The number of hydrogen-bond donors (Lipinski definition) is 2. The van der Waals surface area contributed by atoms with Crippen molar-refractivity contribution in [2.24, 2.45) is 5.73 Å². The van der Waals surface area contributed by atoms with Crippen molar-refractivity contribution in [1.29, 1.82) is 0 Å². The van der Waals surface area contributed by atoms with E-state index < -0.39 is 5.91 Å². The van der Waals surface area contributed by atoms with Gasteiger partial charge >= 0.3 is 0 Å². The van der Waals surface area contributed by atoms with E-state index in [1.807, 2.05) is 12.1 Å². The first kappa shape index (κ1) is 19.8. The Bertz CT molecular complexity index is 986. The zero-order valence-corrected chi connectivity index (χ0v) is 16.8. The van der Waals surface area contributed by atoms with Crippen LogP contribution < -0.4 is 16.0 Å². The maximum absolute atomic E-state index is 13.0. The van der Waals surface area contributed by atoms with Gasteiger partial charge in [0, 0.05) is 50.8 Å². The molecule has 0 aliphatic carbocycles. The molecule has 4 rings (SSSR count). The summed E-state index contributed by atoms with van der Waals surface area (Å²) in [6.45, 7) is 3.16. The van der Waals surface area contributed by atoms with Crippen LogP contribution >= 0.6 is 0 Å². The van der Waals surface area contributed by atoms with E-state index in [2.05, 4.69) is 20.2 Å². The minimum absolute atomic E-state index is 0.0103. The van der Waals surface area contributed by atoms with Gasteiger partial charge in [0.15, 0.2) is 5.82 Å². The van der Waals surface area contributed by atoms with Gasteiger partial charge in [0.2, 0.25) is 0 Å². The van der Waals surface area contributed by atoms with Crippen LogP contribution in [0.3, 0.4) is 0 Å². The fourth-order valence-corrected chi connectivity index (χ4v) is 3.68. The maximum atomic E-state index is 13.0. The Balaban J connectivity index is 1.71. The van der Waals surface area contributed by atoms with Crippen LogP contribution in [0, 0.1) is 0 Å². The van der Waals surface area contributed by atoms with Crippen molar-refractivity contribution < 1.29 is 14.3 Å². The highest BCUT2D eigenvalue weighted by molar-refractivity contribution is 6.25. The maximum Gasteiger partial charge on any atom is 0.261 e. The monoisotopic (exact) mass is 408 g/mol. The number of amides is 2. The molecule has 3 N–H and O–H groups in total. The largest absolute Gasteiger partial charge is 0.404 e. The molecule has 1 fully saturated rings. The second kappa shape index (κ2) is 8.50. The molecule has 0 saturated carbocycles. The quantitative estimate of drug-likeness (QED) is 0.722. The number of likely N-dealkylation sites (N-methyl/N-ethyl adjacent to an activating group) is 1. The first-order valence-corrected chi connectivity index (χ1v) is 9.84. The first-order valence-electron chi connectivity index (χ1n) is 9.84. The van der Waals surface area contributed by atoms with E-state index in [1.165, 1.54) is 6.20 Å². The predicted molar refractivity (Wildman–Crippen MR) is 113 cm³/mol. The molecule has 2 amide bonds. The molecule has 0 unspecified atom stereocenters. The number of nitrogens with zero attached hydrogens (tertiary/aromatic N) is 4. The van der Waals surface area contributed by atoms with Crippen LogP contribution in [0.25, 0.3) is 5.57 Å². The van der Waals surface area contributed by atoms with Gasteiger partial charge in [-0.2, -0.15) is 0 Å². The van der Waals surface area contributed by atoms with Crippen molar-refractivity contribution in [3.63, 3.8) is 0 Å². The fraction of sp³-hybridized carbons (Fsp3) is 0.333. The van der Waals surface area contributed by atoms with E-state index in [4.69, 9.17) is 10.5 Å². The van der Waals surface area contributed by atoms with Crippen LogP contribution in [-0.4, -0.2) is 66.6 Å². The summed E-state index contributed by atoms with van der Waals surface area (Å²) in [4.78, 5) is 37.7. The van der Waals surface area contributed by atoms with Crippen molar-refractivity contribution >= 4 is 28.8 Å². The highest BCUT2D eigenvalue weighted by atomic mass is 16.5. The zero-order chi connectivity index (χ0) is 21.1. The summed E-state index contributed by atoms with van der Waals surface area (Å²) in [5.41, 5.74) is 8.89. The van der Waals surface area contributed by atoms with Crippen LogP contribution in [0.1, 0.15) is 21.7 Å². The van der Waals surface area contributed by atoms with Crippen LogP contribution in [0.2, 0.25) is 0 Å². The number of hydrogen-bond acceptors (Lipinski definition) is 7. The number of ether oxygens (including phenoxy) is 1. The van der Waals surface area contributed by atoms with Crippen LogP contribution in [0.4, 0.5) is 11.4 Å². The second-order valence-electron chi connectivity index (χ2n) is 7.21. The number of morpholine rings is 1. The van der Waals surface area contributed by atoms with Crippen molar-refractivity contribution in [3.8, 4) is 0 Å². The third kappa shape index (κ3) is 3.84. The number of carbonyl (C=O) groups excluding carboxylic acids is 2.